The summed E-state index contributed by atoms with van der Waals surface area (Å²) in [6, 6.07) is 2.88. The highest BCUT2D eigenvalue weighted by atomic mass is 32.2. The summed E-state index contributed by atoms with van der Waals surface area (Å²) in [6.07, 6.45) is -0.00257. The highest BCUT2D eigenvalue weighted by molar-refractivity contribution is 7.96. The molecular weight excluding hydrogens is 361 g/mol. The Kier molecular flexibility index (Phi) is 5.61. The summed E-state index contributed by atoms with van der Waals surface area (Å²) in [7, 11) is -5.90. The van der Waals surface area contributed by atoms with Crippen LogP contribution in [0.4, 0.5) is 4.39 Å². The fourth-order valence-electron chi connectivity index (χ4n) is 2.42. The SMILES string of the molecule is COCCNC(=O)c1cc(S(=O)(=O)[C@H]2CCS(=O)(=O)C2)ccc1F. The number of rotatable bonds is 6. The Morgan fingerprint density at radius 2 is 2.12 bits per heavy atom. The summed E-state index contributed by atoms with van der Waals surface area (Å²) in [5, 5.41) is 1.34. The molecule has 0 bridgehead atoms. The number of carbonyl (C=O) groups is 1. The summed E-state index contributed by atoms with van der Waals surface area (Å²) in [5.74, 6) is -2.27. The number of carbonyl (C=O) groups excluding carboxylic acids is 1. The van der Waals surface area contributed by atoms with E-state index >= 15 is 0 Å². The molecule has 24 heavy (non-hydrogen) atoms. The molecule has 1 N–H and O–H groups in total. The Morgan fingerprint density at radius 1 is 1.42 bits per heavy atom. The van der Waals surface area contributed by atoms with Crippen LogP contribution in [0.25, 0.3) is 0 Å². The maximum Gasteiger partial charge on any atom is 0.254 e. The van der Waals surface area contributed by atoms with Crippen molar-refractivity contribution in [3.8, 4) is 0 Å². The Balaban J connectivity index is 2.28. The van der Waals surface area contributed by atoms with E-state index < -0.39 is 48.0 Å². The minimum Gasteiger partial charge on any atom is -0.383 e. The van der Waals surface area contributed by atoms with Gasteiger partial charge in [0.05, 0.1) is 33.8 Å². The predicted molar refractivity (Wildman–Crippen MR) is 84.9 cm³/mol. The van der Waals surface area contributed by atoms with Gasteiger partial charge in [-0.25, -0.2) is 21.2 Å². The Labute approximate surface area is 140 Å². The van der Waals surface area contributed by atoms with Gasteiger partial charge < -0.3 is 10.1 Å². The molecule has 0 unspecified atom stereocenters. The van der Waals surface area contributed by atoms with Gasteiger partial charge in [-0.15, -0.1) is 0 Å². The maximum atomic E-state index is 13.8. The summed E-state index contributed by atoms with van der Waals surface area (Å²) in [5.41, 5.74) is -0.409. The van der Waals surface area contributed by atoms with Gasteiger partial charge in [-0.2, -0.15) is 0 Å². The number of ether oxygens (including phenoxy) is 1. The van der Waals surface area contributed by atoms with Crippen LogP contribution in [0.15, 0.2) is 23.1 Å². The van der Waals surface area contributed by atoms with Crippen LogP contribution < -0.4 is 5.32 Å². The van der Waals surface area contributed by atoms with E-state index in [1.807, 2.05) is 0 Å². The fraction of sp³-hybridized carbons (Fsp3) is 0.500. The fourth-order valence-corrected chi connectivity index (χ4v) is 6.80. The molecule has 1 heterocycles. The van der Waals surface area contributed by atoms with E-state index in [2.05, 4.69) is 5.32 Å². The van der Waals surface area contributed by atoms with E-state index in [9.17, 15) is 26.0 Å². The van der Waals surface area contributed by atoms with E-state index in [1.165, 1.54) is 7.11 Å². The first-order valence-corrected chi connectivity index (χ1v) is 10.5. The van der Waals surface area contributed by atoms with E-state index in [0.29, 0.717) is 0 Å². The second-order valence-corrected chi connectivity index (χ2v) is 9.92. The zero-order chi connectivity index (χ0) is 18.0. The summed E-state index contributed by atoms with van der Waals surface area (Å²) < 4.78 is 66.6. The molecule has 0 radical (unpaired) electrons. The van der Waals surface area contributed by atoms with Crippen LogP contribution in [0.3, 0.4) is 0 Å². The van der Waals surface area contributed by atoms with E-state index in [4.69, 9.17) is 4.74 Å². The Hall–Kier alpha value is -1.52. The lowest BCUT2D eigenvalue weighted by Gasteiger charge is -2.12. The number of sulfone groups is 2. The lowest BCUT2D eigenvalue weighted by atomic mass is 10.2. The van der Waals surface area contributed by atoms with Crippen LogP contribution in [0.2, 0.25) is 0 Å². The van der Waals surface area contributed by atoms with Crippen molar-refractivity contribution in [2.24, 2.45) is 0 Å². The minimum absolute atomic E-state index is 0.00257. The molecule has 0 aliphatic carbocycles. The van der Waals surface area contributed by atoms with Crippen molar-refractivity contribution in [1.29, 1.82) is 0 Å². The average molecular weight is 379 g/mol. The molecule has 2 rings (SSSR count). The zero-order valence-electron chi connectivity index (χ0n) is 13.0. The normalized spacial score (nSPS) is 20.0. The number of halogens is 1. The van der Waals surface area contributed by atoms with E-state index in [-0.39, 0.29) is 30.2 Å². The monoisotopic (exact) mass is 379 g/mol. The molecule has 1 aliphatic rings. The molecule has 0 spiro atoms. The van der Waals surface area contributed by atoms with Crippen LogP contribution in [0, 0.1) is 5.82 Å². The van der Waals surface area contributed by atoms with Gasteiger partial charge in [-0.3, -0.25) is 4.79 Å². The van der Waals surface area contributed by atoms with Gasteiger partial charge >= 0.3 is 0 Å². The quantitative estimate of drug-likeness (QED) is 0.558. The largest absolute Gasteiger partial charge is 0.383 e. The zero-order valence-corrected chi connectivity index (χ0v) is 14.6. The van der Waals surface area contributed by atoms with E-state index in [1.54, 1.807) is 0 Å². The first-order chi connectivity index (χ1) is 11.2. The van der Waals surface area contributed by atoms with Crippen molar-refractivity contribution >= 4 is 25.6 Å². The van der Waals surface area contributed by atoms with Gasteiger partial charge in [0.15, 0.2) is 19.7 Å². The third-order valence-electron chi connectivity index (χ3n) is 3.73. The lowest BCUT2D eigenvalue weighted by Crippen LogP contribution is -2.28. The van der Waals surface area contributed by atoms with Gasteiger partial charge in [-0.1, -0.05) is 0 Å². The second kappa shape index (κ2) is 7.16. The van der Waals surface area contributed by atoms with Crippen molar-refractivity contribution in [3.05, 3.63) is 29.6 Å². The molecule has 1 saturated heterocycles. The third-order valence-corrected chi connectivity index (χ3v) is 7.90. The molecule has 10 heteroatoms. The number of benzene rings is 1. The Bertz CT molecular complexity index is 835. The number of amides is 1. The summed E-state index contributed by atoms with van der Waals surface area (Å²) in [6.45, 7) is 0.373. The van der Waals surface area contributed by atoms with Gasteiger partial charge in [0.2, 0.25) is 0 Å². The molecule has 1 atom stereocenters. The van der Waals surface area contributed by atoms with Crippen LogP contribution in [0.1, 0.15) is 16.8 Å². The summed E-state index contributed by atoms with van der Waals surface area (Å²) in [4.78, 5) is 11.7. The molecule has 1 aromatic carbocycles. The molecule has 1 aliphatic heterocycles. The average Bonchev–Trinajstić information content (AvgIpc) is 2.88. The first-order valence-electron chi connectivity index (χ1n) is 7.18. The standard InChI is InChI=1S/C14H18FNO6S2/c1-22-6-5-16-14(17)12-8-10(2-3-13(12)15)24(20,21)11-4-7-23(18,19)9-11/h2-3,8,11H,4-7,9H2,1H3,(H,16,17)/t11-/m0/s1. The molecule has 0 aromatic heterocycles. The molecule has 7 nitrogen and oxygen atoms in total. The lowest BCUT2D eigenvalue weighted by molar-refractivity contribution is 0.0933. The van der Waals surface area contributed by atoms with Crippen molar-refractivity contribution in [2.75, 3.05) is 31.8 Å². The topological polar surface area (TPSA) is 107 Å². The van der Waals surface area contributed by atoms with Crippen LogP contribution in [0.5, 0.6) is 0 Å². The van der Waals surface area contributed by atoms with Gasteiger partial charge in [0.25, 0.3) is 5.91 Å². The van der Waals surface area contributed by atoms with Gasteiger partial charge in [0.1, 0.15) is 5.82 Å². The van der Waals surface area contributed by atoms with Crippen LogP contribution >= 0.6 is 0 Å². The molecule has 1 aromatic rings. The van der Waals surface area contributed by atoms with Crippen molar-refractivity contribution < 1.29 is 30.8 Å². The van der Waals surface area contributed by atoms with Crippen LogP contribution in [-0.4, -0.2) is 59.8 Å². The molecule has 1 amide bonds. The minimum atomic E-state index is -3.96. The highest BCUT2D eigenvalue weighted by Gasteiger charge is 2.38. The molecule has 1 fully saturated rings. The van der Waals surface area contributed by atoms with Crippen molar-refractivity contribution in [3.63, 3.8) is 0 Å². The number of nitrogens with one attached hydrogen (secondary N) is 1. The Morgan fingerprint density at radius 3 is 2.71 bits per heavy atom. The van der Waals surface area contributed by atoms with Crippen molar-refractivity contribution in [2.45, 2.75) is 16.6 Å². The van der Waals surface area contributed by atoms with Gasteiger partial charge in [-0.05, 0) is 24.6 Å². The number of methoxy groups -OCH3 is 1. The highest BCUT2D eigenvalue weighted by Crippen LogP contribution is 2.26. The molecule has 0 saturated carbocycles. The van der Waals surface area contributed by atoms with Crippen molar-refractivity contribution in [1.82, 2.24) is 5.32 Å². The summed E-state index contributed by atoms with van der Waals surface area (Å²) >= 11 is 0. The first kappa shape index (κ1) is 18.8. The predicted octanol–water partition coefficient (Wildman–Crippen LogP) is 0.163. The third kappa shape index (κ3) is 4.11. The second-order valence-electron chi connectivity index (χ2n) is 5.46. The number of hydrogen-bond donors (Lipinski definition) is 1. The smallest absolute Gasteiger partial charge is 0.254 e. The van der Waals surface area contributed by atoms with Crippen LogP contribution in [-0.2, 0) is 24.4 Å². The molecule has 134 valence electrons. The van der Waals surface area contributed by atoms with Gasteiger partial charge in [0, 0.05) is 13.7 Å². The van der Waals surface area contributed by atoms with E-state index in [0.717, 1.165) is 18.2 Å². The number of hydrogen-bond acceptors (Lipinski definition) is 6. The molecular formula is C14H18FNO6S2. The maximum absolute atomic E-state index is 13.8.